The molecule has 1 aliphatic rings. The largest absolute Gasteiger partial charge is 0.477 e. The highest BCUT2D eigenvalue weighted by molar-refractivity contribution is 5.76. The minimum absolute atomic E-state index is 0.154. The van der Waals surface area contributed by atoms with Gasteiger partial charge in [0.2, 0.25) is 11.8 Å². The summed E-state index contributed by atoms with van der Waals surface area (Å²) in [6.07, 6.45) is 2.49. The van der Waals surface area contributed by atoms with Gasteiger partial charge in [-0.05, 0) is 31.7 Å². The monoisotopic (exact) mass is 234 g/mol. The maximum absolute atomic E-state index is 11.2. The summed E-state index contributed by atoms with van der Waals surface area (Å²) in [5.74, 6) is 1.27. The van der Waals surface area contributed by atoms with Crippen LogP contribution in [0.25, 0.3) is 0 Å². The first kappa shape index (κ1) is 11.9. The molecule has 2 heterocycles. The Labute approximate surface area is 101 Å². The maximum atomic E-state index is 11.2. The van der Waals surface area contributed by atoms with E-state index in [-0.39, 0.29) is 5.91 Å². The van der Waals surface area contributed by atoms with E-state index in [9.17, 15) is 4.79 Å². The molecule has 0 aliphatic carbocycles. The summed E-state index contributed by atoms with van der Waals surface area (Å²) in [5, 5.41) is 2.87. The lowest BCUT2D eigenvalue weighted by molar-refractivity contribution is -0.120. The smallest absolute Gasteiger partial charge is 0.220 e. The van der Waals surface area contributed by atoms with E-state index in [4.69, 9.17) is 4.74 Å². The number of hydrogen-bond acceptors (Lipinski definition) is 3. The number of rotatable bonds is 3. The molecule has 1 amide bonds. The van der Waals surface area contributed by atoms with E-state index >= 15 is 0 Å². The molecule has 4 nitrogen and oxygen atoms in total. The van der Waals surface area contributed by atoms with Crippen LogP contribution >= 0.6 is 0 Å². The molecular formula is C13H18N2O2. The van der Waals surface area contributed by atoms with Crippen LogP contribution in [0.2, 0.25) is 0 Å². The molecule has 0 radical (unpaired) electrons. The number of nitrogens with zero attached hydrogens (tertiary/aromatic N) is 1. The molecule has 17 heavy (non-hydrogen) atoms. The summed E-state index contributed by atoms with van der Waals surface area (Å²) in [5.41, 5.74) is 0.959. The average molecular weight is 234 g/mol. The Hall–Kier alpha value is -1.58. The number of pyridine rings is 1. The van der Waals surface area contributed by atoms with Crippen molar-refractivity contribution < 1.29 is 9.53 Å². The van der Waals surface area contributed by atoms with Crippen LogP contribution in [0.4, 0.5) is 0 Å². The molecule has 0 spiro atoms. The molecule has 0 aromatic carbocycles. The van der Waals surface area contributed by atoms with Gasteiger partial charge in [-0.25, -0.2) is 4.98 Å². The fourth-order valence-electron chi connectivity index (χ4n) is 1.95. The van der Waals surface area contributed by atoms with Gasteiger partial charge in [-0.15, -0.1) is 0 Å². The minimum atomic E-state index is 0.154. The first-order valence-corrected chi connectivity index (χ1v) is 6.07. The number of ether oxygens (including phenoxy) is 1. The molecule has 1 unspecified atom stereocenters. The van der Waals surface area contributed by atoms with Crippen molar-refractivity contribution in [1.29, 1.82) is 0 Å². The van der Waals surface area contributed by atoms with Gasteiger partial charge < -0.3 is 10.1 Å². The van der Waals surface area contributed by atoms with Crippen LogP contribution in [-0.2, 0) is 4.79 Å². The van der Waals surface area contributed by atoms with Crippen molar-refractivity contribution in [3.8, 4) is 5.88 Å². The van der Waals surface area contributed by atoms with E-state index in [1.54, 1.807) is 0 Å². The minimum Gasteiger partial charge on any atom is -0.477 e. The third-order valence-corrected chi connectivity index (χ3v) is 2.98. The van der Waals surface area contributed by atoms with Crippen LogP contribution in [0.15, 0.2) is 18.2 Å². The second-order valence-corrected chi connectivity index (χ2v) is 4.47. The fraction of sp³-hybridized carbons (Fsp3) is 0.538. The van der Waals surface area contributed by atoms with Crippen LogP contribution in [0.1, 0.15) is 25.0 Å². The van der Waals surface area contributed by atoms with Gasteiger partial charge >= 0.3 is 0 Å². The number of amides is 1. The van der Waals surface area contributed by atoms with E-state index in [2.05, 4.69) is 10.3 Å². The van der Waals surface area contributed by atoms with E-state index in [0.717, 1.165) is 25.1 Å². The second-order valence-electron chi connectivity index (χ2n) is 4.47. The van der Waals surface area contributed by atoms with E-state index in [1.165, 1.54) is 0 Å². The third-order valence-electron chi connectivity index (χ3n) is 2.98. The van der Waals surface area contributed by atoms with Crippen LogP contribution in [0, 0.1) is 12.8 Å². The van der Waals surface area contributed by atoms with Crippen LogP contribution in [-0.4, -0.2) is 24.0 Å². The summed E-state index contributed by atoms with van der Waals surface area (Å²) < 4.78 is 5.67. The number of hydrogen-bond donors (Lipinski definition) is 1. The van der Waals surface area contributed by atoms with Crippen LogP contribution in [0.5, 0.6) is 5.88 Å². The first-order valence-electron chi connectivity index (χ1n) is 6.07. The summed E-state index contributed by atoms with van der Waals surface area (Å²) in [6, 6.07) is 5.75. The zero-order valence-corrected chi connectivity index (χ0v) is 10.1. The van der Waals surface area contributed by atoms with Gasteiger partial charge in [0.1, 0.15) is 0 Å². The zero-order chi connectivity index (χ0) is 12.1. The molecular weight excluding hydrogens is 216 g/mol. The number of aryl methyl sites for hydroxylation is 1. The quantitative estimate of drug-likeness (QED) is 0.865. The highest BCUT2D eigenvalue weighted by Crippen LogP contribution is 2.16. The topological polar surface area (TPSA) is 51.2 Å². The van der Waals surface area contributed by atoms with Gasteiger partial charge in [0.15, 0.2) is 0 Å². The van der Waals surface area contributed by atoms with E-state index in [0.29, 0.717) is 24.8 Å². The summed E-state index contributed by atoms with van der Waals surface area (Å²) >= 11 is 0. The van der Waals surface area contributed by atoms with E-state index < -0.39 is 0 Å². The normalized spacial score (nSPS) is 20.5. The predicted molar refractivity (Wildman–Crippen MR) is 64.8 cm³/mol. The molecule has 1 aromatic heterocycles. The van der Waals surface area contributed by atoms with Gasteiger partial charge in [0.25, 0.3) is 0 Å². The first-order chi connectivity index (χ1) is 8.24. The van der Waals surface area contributed by atoms with Crippen molar-refractivity contribution >= 4 is 5.91 Å². The van der Waals surface area contributed by atoms with Gasteiger partial charge in [-0.1, -0.05) is 6.07 Å². The Morgan fingerprint density at radius 1 is 1.47 bits per heavy atom. The Morgan fingerprint density at radius 2 is 2.35 bits per heavy atom. The summed E-state index contributed by atoms with van der Waals surface area (Å²) in [6.45, 7) is 3.35. The van der Waals surface area contributed by atoms with Crippen molar-refractivity contribution in [1.82, 2.24) is 10.3 Å². The van der Waals surface area contributed by atoms with Gasteiger partial charge in [0, 0.05) is 24.7 Å². The van der Waals surface area contributed by atoms with Crippen LogP contribution < -0.4 is 10.1 Å². The Morgan fingerprint density at radius 3 is 3.18 bits per heavy atom. The van der Waals surface area contributed by atoms with Crippen molar-refractivity contribution in [2.75, 3.05) is 13.2 Å². The zero-order valence-electron chi connectivity index (χ0n) is 10.1. The number of carbonyl (C=O) groups excluding carboxylic acids is 1. The Balaban J connectivity index is 1.83. The SMILES string of the molecule is Cc1cccc(OCC2CCNC(=O)CC2)n1. The van der Waals surface area contributed by atoms with Crippen molar-refractivity contribution in [3.63, 3.8) is 0 Å². The van der Waals surface area contributed by atoms with Crippen molar-refractivity contribution in [3.05, 3.63) is 23.9 Å². The molecule has 1 atom stereocenters. The third kappa shape index (κ3) is 3.73. The summed E-state index contributed by atoms with van der Waals surface area (Å²) in [4.78, 5) is 15.5. The number of carbonyl (C=O) groups is 1. The highest BCUT2D eigenvalue weighted by Gasteiger charge is 2.16. The lowest BCUT2D eigenvalue weighted by atomic mass is 10.0. The number of aromatic nitrogens is 1. The lowest BCUT2D eigenvalue weighted by Gasteiger charge is -2.13. The number of nitrogens with one attached hydrogen (secondary N) is 1. The predicted octanol–water partition coefficient (Wildman–Crippen LogP) is 1.69. The van der Waals surface area contributed by atoms with Crippen molar-refractivity contribution in [2.45, 2.75) is 26.2 Å². The highest BCUT2D eigenvalue weighted by atomic mass is 16.5. The van der Waals surface area contributed by atoms with Gasteiger partial charge in [-0.3, -0.25) is 4.79 Å². The molecule has 4 heteroatoms. The van der Waals surface area contributed by atoms with Crippen LogP contribution in [0.3, 0.4) is 0 Å². The Bertz CT molecular complexity index is 393. The molecule has 92 valence electrons. The van der Waals surface area contributed by atoms with E-state index in [1.807, 2.05) is 25.1 Å². The summed E-state index contributed by atoms with van der Waals surface area (Å²) in [7, 11) is 0. The molecule has 1 N–H and O–H groups in total. The molecule has 1 aromatic rings. The molecule has 1 saturated heterocycles. The molecule has 0 bridgehead atoms. The molecule has 0 saturated carbocycles. The fourth-order valence-corrected chi connectivity index (χ4v) is 1.95. The lowest BCUT2D eigenvalue weighted by Crippen LogP contribution is -2.21. The Kier molecular flexibility index (Phi) is 3.96. The van der Waals surface area contributed by atoms with Gasteiger partial charge in [-0.2, -0.15) is 0 Å². The molecule has 1 aliphatic heterocycles. The average Bonchev–Trinajstić information content (AvgIpc) is 2.52. The molecule has 2 rings (SSSR count). The second kappa shape index (κ2) is 5.66. The van der Waals surface area contributed by atoms with Gasteiger partial charge in [0.05, 0.1) is 6.61 Å². The standard InChI is InChI=1S/C13H18N2O2/c1-10-3-2-4-13(15-10)17-9-11-5-6-12(16)14-8-7-11/h2-4,11H,5-9H2,1H3,(H,14,16). The van der Waals surface area contributed by atoms with Crippen molar-refractivity contribution in [2.24, 2.45) is 5.92 Å². The molecule has 1 fully saturated rings. The maximum Gasteiger partial charge on any atom is 0.220 e.